The minimum Gasteiger partial charge on any atom is -0.484 e. The molecule has 0 radical (unpaired) electrons. The molecule has 2 aromatic rings. The number of carbonyl (C=O) groups excluding carboxylic acids is 2. The van der Waals surface area contributed by atoms with E-state index in [0.29, 0.717) is 27.9 Å². The summed E-state index contributed by atoms with van der Waals surface area (Å²) in [5, 5.41) is 5.80. The Bertz CT molecular complexity index is 906. The van der Waals surface area contributed by atoms with Crippen molar-refractivity contribution in [1.82, 2.24) is 10.6 Å². The minimum absolute atomic E-state index is 0.0595. The molecular formula is C19H16Cl3FN2O3. The summed E-state index contributed by atoms with van der Waals surface area (Å²) in [5.74, 6) is -1.15. The van der Waals surface area contributed by atoms with E-state index in [1.807, 2.05) is 0 Å². The van der Waals surface area contributed by atoms with Crippen molar-refractivity contribution in [2.24, 2.45) is 0 Å². The summed E-state index contributed by atoms with van der Waals surface area (Å²) in [4.78, 5) is 23.8. The van der Waals surface area contributed by atoms with Crippen molar-refractivity contribution in [3.05, 3.63) is 75.1 Å². The van der Waals surface area contributed by atoms with Crippen LogP contribution < -0.4 is 15.4 Å². The highest BCUT2D eigenvalue weighted by atomic mass is 35.5. The van der Waals surface area contributed by atoms with Gasteiger partial charge in [-0.2, -0.15) is 0 Å². The lowest BCUT2D eigenvalue weighted by molar-refractivity contribution is -0.122. The third-order valence-corrected chi connectivity index (χ3v) is 4.52. The predicted octanol–water partition coefficient (Wildman–Crippen LogP) is 4.61. The Kier molecular flexibility index (Phi) is 8.11. The first-order chi connectivity index (χ1) is 13.3. The average molecular weight is 446 g/mol. The van der Waals surface area contributed by atoms with Crippen LogP contribution in [0.3, 0.4) is 0 Å². The summed E-state index contributed by atoms with van der Waals surface area (Å²) < 4.78 is 18.7. The molecular weight excluding hydrogens is 430 g/mol. The molecule has 0 saturated heterocycles. The Balaban J connectivity index is 1.71. The number of benzene rings is 2. The van der Waals surface area contributed by atoms with Gasteiger partial charge in [0.2, 0.25) is 0 Å². The SMILES string of the molecule is C=C(CCNC(=O)c1ccc(Cl)c(F)c1)NC(=O)COc1ccc(Cl)c(Cl)c1. The lowest BCUT2D eigenvalue weighted by atomic mass is 10.2. The molecule has 2 rings (SSSR count). The molecule has 0 heterocycles. The number of hydrogen-bond donors (Lipinski definition) is 2. The quantitative estimate of drug-likeness (QED) is 0.623. The Morgan fingerprint density at radius 2 is 1.75 bits per heavy atom. The van der Waals surface area contributed by atoms with E-state index in [2.05, 4.69) is 17.2 Å². The summed E-state index contributed by atoms with van der Waals surface area (Å²) in [6, 6.07) is 8.42. The topological polar surface area (TPSA) is 67.4 Å². The summed E-state index contributed by atoms with van der Waals surface area (Å²) in [6.45, 7) is 3.68. The summed E-state index contributed by atoms with van der Waals surface area (Å²) >= 11 is 17.3. The number of carbonyl (C=O) groups is 2. The third kappa shape index (κ3) is 6.71. The van der Waals surface area contributed by atoms with Crippen LogP contribution in [-0.4, -0.2) is 25.0 Å². The first-order valence-corrected chi connectivity index (χ1v) is 9.18. The molecule has 2 aromatic carbocycles. The number of rotatable bonds is 8. The normalized spacial score (nSPS) is 10.3. The summed E-state index contributed by atoms with van der Waals surface area (Å²) in [6.07, 6.45) is 0.292. The van der Waals surface area contributed by atoms with E-state index in [1.54, 1.807) is 12.1 Å². The fourth-order valence-corrected chi connectivity index (χ4v) is 2.48. The van der Waals surface area contributed by atoms with Crippen LogP contribution in [-0.2, 0) is 4.79 Å². The molecule has 0 aromatic heterocycles. The first kappa shape index (κ1) is 22.0. The minimum atomic E-state index is -0.673. The van der Waals surface area contributed by atoms with Gasteiger partial charge in [-0.25, -0.2) is 4.39 Å². The van der Waals surface area contributed by atoms with Crippen molar-refractivity contribution in [2.45, 2.75) is 6.42 Å². The van der Waals surface area contributed by atoms with E-state index >= 15 is 0 Å². The van der Waals surface area contributed by atoms with Crippen molar-refractivity contribution in [3.8, 4) is 5.75 Å². The molecule has 0 aliphatic heterocycles. The number of nitrogens with one attached hydrogen (secondary N) is 2. The van der Waals surface area contributed by atoms with Gasteiger partial charge in [-0.15, -0.1) is 0 Å². The molecule has 0 spiro atoms. The van der Waals surface area contributed by atoms with Gasteiger partial charge < -0.3 is 15.4 Å². The van der Waals surface area contributed by atoms with Crippen LogP contribution >= 0.6 is 34.8 Å². The van der Waals surface area contributed by atoms with Crippen molar-refractivity contribution in [1.29, 1.82) is 0 Å². The molecule has 0 aliphatic rings. The Labute approximate surface area is 176 Å². The standard InChI is InChI=1S/C19H16Cl3FN2O3/c1-11(6-7-24-19(27)12-2-4-15(21)17(23)8-12)25-18(26)10-28-13-3-5-14(20)16(22)9-13/h2-5,8-9H,1,6-7,10H2,(H,24,27)(H,25,26). The maximum Gasteiger partial charge on any atom is 0.262 e. The van der Waals surface area contributed by atoms with Crippen molar-refractivity contribution < 1.29 is 18.7 Å². The zero-order chi connectivity index (χ0) is 20.7. The van der Waals surface area contributed by atoms with E-state index < -0.39 is 17.6 Å². The maximum absolute atomic E-state index is 13.4. The maximum atomic E-state index is 13.4. The molecule has 2 N–H and O–H groups in total. The van der Waals surface area contributed by atoms with Crippen LogP contribution in [0.15, 0.2) is 48.7 Å². The Hall–Kier alpha value is -2.28. The summed E-state index contributed by atoms with van der Waals surface area (Å²) in [7, 11) is 0. The first-order valence-electron chi connectivity index (χ1n) is 8.05. The number of hydrogen-bond acceptors (Lipinski definition) is 3. The fourth-order valence-electron chi connectivity index (χ4n) is 2.08. The zero-order valence-corrected chi connectivity index (χ0v) is 16.8. The van der Waals surface area contributed by atoms with E-state index in [4.69, 9.17) is 39.5 Å². The van der Waals surface area contributed by atoms with Crippen LogP contribution in [0.25, 0.3) is 0 Å². The van der Waals surface area contributed by atoms with Crippen molar-refractivity contribution in [2.75, 3.05) is 13.2 Å². The van der Waals surface area contributed by atoms with Crippen LogP contribution in [0, 0.1) is 5.82 Å². The molecule has 0 unspecified atom stereocenters. The Morgan fingerprint density at radius 1 is 1.04 bits per heavy atom. The number of ether oxygens (including phenoxy) is 1. The molecule has 2 amide bonds. The lowest BCUT2D eigenvalue weighted by Crippen LogP contribution is -2.31. The third-order valence-electron chi connectivity index (χ3n) is 3.47. The molecule has 5 nitrogen and oxygen atoms in total. The van der Waals surface area contributed by atoms with Crippen LogP contribution in [0.5, 0.6) is 5.75 Å². The Morgan fingerprint density at radius 3 is 2.43 bits per heavy atom. The molecule has 148 valence electrons. The average Bonchev–Trinajstić information content (AvgIpc) is 2.64. The fraction of sp³-hybridized carbons (Fsp3) is 0.158. The van der Waals surface area contributed by atoms with Crippen LogP contribution in [0.2, 0.25) is 15.1 Å². The zero-order valence-electron chi connectivity index (χ0n) is 14.5. The smallest absolute Gasteiger partial charge is 0.262 e. The largest absolute Gasteiger partial charge is 0.484 e. The predicted molar refractivity (Wildman–Crippen MR) is 108 cm³/mol. The van der Waals surface area contributed by atoms with Gasteiger partial charge in [-0.1, -0.05) is 41.4 Å². The van der Waals surface area contributed by atoms with E-state index in [9.17, 15) is 14.0 Å². The lowest BCUT2D eigenvalue weighted by Gasteiger charge is -2.11. The summed E-state index contributed by atoms with van der Waals surface area (Å²) in [5.41, 5.74) is 0.539. The number of amides is 2. The van der Waals surface area contributed by atoms with Gasteiger partial charge in [-0.3, -0.25) is 9.59 Å². The van der Waals surface area contributed by atoms with Crippen LogP contribution in [0.4, 0.5) is 4.39 Å². The van der Waals surface area contributed by atoms with E-state index in [1.165, 1.54) is 18.2 Å². The molecule has 0 atom stereocenters. The highest BCUT2D eigenvalue weighted by molar-refractivity contribution is 6.42. The highest BCUT2D eigenvalue weighted by Crippen LogP contribution is 2.26. The van der Waals surface area contributed by atoms with E-state index in [-0.39, 0.29) is 23.7 Å². The van der Waals surface area contributed by atoms with Gasteiger partial charge in [0, 0.05) is 30.3 Å². The number of halogens is 4. The van der Waals surface area contributed by atoms with Gasteiger partial charge in [0.15, 0.2) is 6.61 Å². The second-order valence-corrected chi connectivity index (χ2v) is 6.87. The van der Waals surface area contributed by atoms with Crippen LogP contribution in [0.1, 0.15) is 16.8 Å². The molecule has 0 fully saturated rings. The van der Waals surface area contributed by atoms with E-state index in [0.717, 1.165) is 6.07 Å². The second kappa shape index (κ2) is 10.3. The molecule has 0 aliphatic carbocycles. The van der Waals surface area contributed by atoms with Gasteiger partial charge in [0.25, 0.3) is 11.8 Å². The highest BCUT2D eigenvalue weighted by Gasteiger charge is 2.10. The van der Waals surface area contributed by atoms with Crippen molar-refractivity contribution in [3.63, 3.8) is 0 Å². The molecule has 0 saturated carbocycles. The molecule has 0 bridgehead atoms. The van der Waals surface area contributed by atoms with Gasteiger partial charge in [0.1, 0.15) is 11.6 Å². The van der Waals surface area contributed by atoms with Gasteiger partial charge in [0.05, 0.1) is 15.1 Å². The van der Waals surface area contributed by atoms with Crippen molar-refractivity contribution >= 4 is 46.6 Å². The molecule has 9 heteroatoms. The van der Waals surface area contributed by atoms with Gasteiger partial charge in [-0.05, 0) is 30.3 Å². The monoisotopic (exact) mass is 444 g/mol. The van der Waals surface area contributed by atoms with Gasteiger partial charge >= 0.3 is 0 Å². The second-order valence-electron chi connectivity index (χ2n) is 5.65. The molecule has 28 heavy (non-hydrogen) atoms.